The molecule has 45 heavy (non-hydrogen) atoms. The highest BCUT2D eigenvalue weighted by atomic mass is 19.4. The minimum Gasteiger partial charge on any atom is -0.353 e. The maximum Gasteiger partial charge on any atom is 0.472 e. The van der Waals surface area contributed by atoms with Crippen molar-refractivity contribution in [2.75, 3.05) is 42.3 Å². The quantitative estimate of drug-likeness (QED) is 0.228. The van der Waals surface area contributed by atoms with Gasteiger partial charge in [-0.15, -0.1) is 0 Å². The number of aromatic nitrogens is 2. The zero-order chi connectivity index (χ0) is 32.5. The number of para-hydroxylation sites is 1. The first kappa shape index (κ1) is 31.3. The molecule has 234 valence electrons. The molecule has 0 saturated heterocycles. The van der Waals surface area contributed by atoms with Crippen LogP contribution in [0.2, 0.25) is 0 Å². The summed E-state index contributed by atoms with van der Waals surface area (Å²) in [7, 11) is 3.68. The van der Waals surface area contributed by atoms with Gasteiger partial charge in [-0.1, -0.05) is 18.2 Å². The van der Waals surface area contributed by atoms with Gasteiger partial charge in [0.2, 0.25) is 5.95 Å². The molecule has 0 fully saturated rings. The van der Waals surface area contributed by atoms with Crippen molar-refractivity contribution in [3.63, 3.8) is 0 Å². The molecule has 5 rings (SSSR count). The number of benzene rings is 3. The number of amides is 3. The van der Waals surface area contributed by atoms with Gasteiger partial charge in [-0.05, 0) is 62.6 Å². The van der Waals surface area contributed by atoms with Crippen molar-refractivity contribution in [3.8, 4) is 11.3 Å². The highest BCUT2D eigenvalue weighted by molar-refractivity contribution is 6.04. The molecule has 4 aromatic rings. The summed E-state index contributed by atoms with van der Waals surface area (Å²) in [5.74, 6) is -5.01. The lowest BCUT2D eigenvalue weighted by Crippen LogP contribution is -2.43. The van der Waals surface area contributed by atoms with Crippen LogP contribution >= 0.6 is 0 Å². The molecule has 2 N–H and O–H groups in total. The molecular weight excluding hydrogens is 604 g/mol. The summed E-state index contributed by atoms with van der Waals surface area (Å²) in [6.07, 6.45) is -5.24. The number of urea groups is 1. The smallest absolute Gasteiger partial charge is 0.353 e. The summed E-state index contributed by atoms with van der Waals surface area (Å²) < 4.78 is 84.0. The number of carbonyl (C=O) groups excluding carboxylic acids is 2. The van der Waals surface area contributed by atoms with Gasteiger partial charge in [0.1, 0.15) is 23.1 Å². The number of nitrogens with zero attached hydrogens (tertiary/aromatic N) is 5. The van der Waals surface area contributed by atoms with Crippen molar-refractivity contribution < 1.29 is 35.9 Å². The molecule has 1 aromatic heterocycles. The summed E-state index contributed by atoms with van der Waals surface area (Å²) in [6, 6.07) is 11.5. The molecule has 15 heteroatoms. The van der Waals surface area contributed by atoms with E-state index in [9.17, 15) is 35.9 Å². The van der Waals surface area contributed by atoms with E-state index in [1.807, 2.05) is 19.0 Å². The highest BCUT2D eigenvalue weighted by Gasteiger charge is 2.44. The molecule has 0 saturated carbocycles. The monoisotopic (exact) mass is 629 g/mol. The van der Waals surface area contributed by atoms with Gasteiger partial charge in [0.25, 0.3) is 0 Å². The summed E-state index contributed by atoms with van der Waals surface area (Å²) in [5.41, 5.74) is -0.250. The third-order valence-electron chi connectivity index (χ3n) is 6.75. The van der Waals surface area contributed by atoms with Gasteiger partial charge in [-0.3, -0.25) is 9.69 Å². The number of fused-ring (bicyclic) bond motifs is 1. The van der Waals surface area contributed by atoms with E-state index in [-0.39, 0.29) is 40.9 Å². The lowest BCUT2D eigenvalue weighted by atomic mass is 10.0. The standard InChI is InChI=1S/C30H25F6N7O2/c1-41(2)15-14-37-28-39-24(21-16-38-29(45)43(26(21)40-28)25-22(32)4-3-5-23(25)33)17-6-10-19(11-7-17)42(27(44)30(34,35)36)20-12-8-18(31)9-13-20/h3-13H,14-16H2,1-2H3,(H,38,45)(H,37,39,40). The van der Waals surface area contributed by atoms with E-state index < -0.39 is 41.3 Å². The average Bonchev–Trinajstić information content (AvgIpc) is 2.98. The average molecular weight is 630 g/mol. The first-order valence-corrected chi connectivity index (χ1v) is 13.4. The van der Waals surface area contributed by atoms with Crippen LogP contribution in [0.1, 0.15) is 5.56 Å². The van der Waals surface area contributed by atoms with Crippen molar-refractivity contribution in [2.45, 2.75) is 12.7 Å². The van der Waals surface area contributed by atoms with Crippen LogP contribution in [0.3, 0.4) is 0 Å². The second kappa shape index (κ2) is 12.4. The van der Waals surface area contributed by atoms with Gasteiger partial charge in [-0.2, -0.15) is 18.2 Å². The number of likely N-dealkylation sites (N-methyl/N-ethyl adjacent to an activating group) is 1. The molecule has 0 atom stereocenters. The fourth-order valence-corrected chi connectivity index (χ4v) is 4.65. The van der Waals surface area contributed by atoms with Gasteiger partial charge >= 0.3 is 18.1 Å². The van der Waals surface area contributed by atoms with E-state index in [4.69, 9.17) is 0 Å². The first-order valence-electron chi connectivity index (χ1n) is 13.4. The third-order valence-corrected chi connectivity index (χ3v) is 6.75. The molecule has 9 nitrogen and oxygen atoms in total. The van der Waals surface area contributed by atoms with Crippen LogP contribution in [-0.4, -0.2) is 60.2 Å². The molecule has 2 heterocycles. The predicted molar refractivity (Wildman–Crippen MR) is 155 cm³/mol. The van der Waals surface area contributed by atoms with Crippen molar-refractivity contribution in [2.24, 2.45) is 0 Å². The zero-order valence-corrected chi connectivity index (χ0v) is 23.8. The maximum absolute atomic E-state index is 14.9. The minimum atomic E-state index is -5.24. The van der Waals surface area contributed by atoms with Gasteiger partial charge in [-0.25, -0.2) is 27.8 Å². The van der Waals surface area contributed by atoms with E-state index in [2.05, 4.69) is 20.6 Å². The lowest BCUT2D eigenvalue weighted by molar-refractivity contribution is -0.169. The first-order chi connectivity index (χ1) is 21.3. The SMILES string of the molecule is CN(C)CCNc1nc(-c2ccc(N(C(=O)C(F)(F)F)c3ccc(F)cc3)cc2)c2c(n1)N(c1c(F)cccc1F)C(=O)NC2. The van der Waals surface area contributed by atoms with Crippen molar-refractivity contribution in [3.05, 3.63) is 89.7 Å². The summed E-state index contributed by atoms with van der Waals surface area (Å²) in [4.78, 5) is 37.4. The lowest BCUT2D eigenvalue weighted by Gasteiger charge is -2.31. The minimum absolute atomic E-state index is 0.0197. The van der Waals surface area contributed by atoms with E-state index in [1.54, 1.807) is 0 Å². The molecular formula is C30H25F6N7O2. The zero-order valence-electron chi connectivity index (χ0n) is 23.8. The molecule has 1 aliphatic heterocycles. The van der Waals surface area contributed by atoms with E-state index in [0.717, 1.165) is 47.4 Å². The number of alkyl halides is 3. The predicted octanol–water partition coefficient (Wildman–Crippen LogP) is 6.12. The Morgan fingerprint density at radius 3 is 2.11 bits per heavy atom. The number of carbonyl (C=O) groups is 2. The van der Waals surface area contributed by atoms with Crippen molar-refractivity contribution in [1.29, 1.82) is 0 Å². The molecule has 3 aromatic carbocycles. The fourth-order valence-electron chi connectivity index (χ4n) is 4.65. The number of nitrogens with one attached hydrogen (secondary N) is 2. The van der Waals surface area contributed by atoms with Crippen LogP contribution in [0.5, 0.6) is 0 Å². The van der Waals surface area contributed by atoms with Crippen LogP contribution in [0.25, 0.3) is 11.3 Å². The molecule has 0 bridgehead atoms. The van der Waals surface area contributed by atoms with Gasteiger partial charge < -0.3 is 15.5 Å². The van der Waals surface area contributed by atoms with Crippen LogP contribution in [-0.2, 0) is 11.3 Å². The number of rotatable bonds is 8. The van der Waals surface area contributed by atoms with E-state index >= 15 is 0 Å². The Balaban J connectivity index is 1.62. The second-order valence-electron chi connectivity index (χ2n) is 10.2. The summed E-state index contributed by atoms with van der Waals surface area (Å²) in [5, 5.41) is 5.58. The Morgan fingerprint density at radius 2 is 1.53 bits per heavy atom. The van der Waals surface area contributed by atoms with Gasteiger partial charge in [0.15, 0.2) is 5.82 Å². The molecule has 0 radical (unpaired) electrons. The van der Waals surface area contributed by atoms with Crippen molar-refractivity contribution in [1.82, 2.24) is 20.2 Å². The van der Waals surface area contributed by atoms with Crippen LogP contribution in [0.4, 0.5) is 60.0 Å². The van der Waals surface area contributed by atoms with E-state index in [0.29, 0.717) is 23.6 Å². The summed E-state index contributed by atoms with van der Waals surface area (Å²) >= 11 is 0. The third kappa shape index (κ3) is 6.52. The molecule has 0 unspecified atom stereocenters. The van der Waals surface area contributed by atoms with Crippen LogP contribution < -0.4 is 20.4 Å². The van der Waals surface area contributed by atoms with E-state index in [1.165, 1.54) is 24.3 Å². The Hall–Kier alpha value is -5.18. The Kier molecular flexibility index (Phi) is 8.64. The number of halogens is 6. The number of hydrogen-bond acceptors (Lipinski definition) is 6. The van der Waals surface area contributed by atoms with Gasteiger partial charge in [0.05, 0.1) is 12.2 Å². The Morgan fingerprint density at radius 1 is 0.933 bits per heavy atom. The van der Waals surface area contributed by atoms with Crippen molar-refractivity contribution >= 4 is 40.8 Å². The Labute approximate surface area is 253 Å². The largest absolute Gasteiger partial charge is 0.472 e. The number of hydrogen-bond donors (Lipinski definition) is 2. The molecule has 3 amide bonds. The maximum atomic E-state index is 14.9. The van der Waals surface area contributed by atoms with Gasteiger partial charge in [0, 0.05) is 35.6 Å². The van der Waals surface area contributed by atoms with Crippen LogP contribution in [0.15, 0.2) is 66.7 Å². The molecule has 0 spiro atoms. The summed E-state index contributed by atoms with van der Waals surface area (Å²) in [6.45, 7) is 0.781. The highest BCUT2D eigenvalue weighted by Crippen LogP contribution is 2.39. The van der Waals surface area contributed by atoms with Crippen LogP contribution in [0, 0.1) is 17.5 Å². The topological polar surface area (TPSA) is 93.7 Å². The molecule has 0 aliphatic carbocycles. The molecule has 1 aliphatic rings. The second-order valence-corrected chi connectivity index (χ2v) is 10.2. The number of anilines is 5. The normalized spacial score (nSPS) is 13.0. The Bertz CT molecular complexity index is 1710. The fraction of sp³-hybridized carbons (Fsp3) is 0.200.